The van der Waals surface area contributed by atoms with Crippen LogP contribution in [-0.2, 0) is 26.4 Å². The molecule has 31 heavy (non-hydrogen) atoms. The molecule has 13 heteroatoms. The number of benzene rings is 1. The van der Waals surface area contributed by atoms with Gasteiger partial charge in [-0.2, -0.15) is 13.2 Å². The molecule has 2 rings (SSSR count). The van der Waals surface area contributed by atoms with Crippen molar-refractivity contribution in [3.05, 3.63) is 48.2 Å². The Balaban J connectivity index is 1.94. The van der Waals surface area contributed by atoms with E-state index in [1.165, 1.54) is 49.5 Å². The molecule has 0 atom stereocenters. The van der Waals surface area contributed by atoms with Crippen LogP contribution in [0.15, 0.2) is 47.5 Å². The molecule has 0 radical (unpaired) electrons. The van der Waals surface area contributed by atoms with Crippen LogP contribution in [0.1, 0.15) is 12.5 Å². The number of alkyl halides is 3. The molecule has 1 aromatic heterocycles. The van der Waals surface area contributed by atoms with Gasteiger partial charge in [-0.3, -0.25) is 0 Å². The van der Waals surface area contributed by atoms with E-state index in [4.69, 9.17) is 4.74 Å². The van der Waals surface area contributed by atoms with Crippen LogP contribution in [0.5, 0.6) is 11.6 Å². The molecule has 0 spiro atoms. The van der Waals surface area contributed by atoms with Crippen LogP contribution in [0, 0.1) is 0 Å². The van der Waals surface area contributed by atoms with Crippen molar-refractivity contribution in [2.24, 2.45) is 0 Å². The van der Waals surface area contributed by atoms with Gasteiger partial charge < -0.3 is 9.47 Å². The zero-order chi connectivity index (χ0) is 23.1. The number of sulfone groups is 1. The molecule has 1 aromatic carbocycles. The van der Waals surface area contributed by atoms with Gasteiger partial charge in [0.2, 0.25) is 15.9 Å². The minimum Gasteiger partial charge on any atom is -0.493 e. The number of rotatable bonds is 11. The van der Waals surface area contributed by atoms with Crippen LogP contribution in [0.4, 0.5) is 13.2 Å². The first-order valence-electron chi connectivity index (χ1n) is 8.98. The molecule has 0 bridgehead atoms. The van der Waals surface area contributed by atoms with E-state index in [1.807, 2.05) is 0 Å². The van der Waals surface area contributed by atoms with Gasteiger partial charge in [0.05, 0.1) is 10.6 Å². The van der Waals surface area contributed by atoms with E-state index in [0.29, 0.717) is 11.3 Å². The quantitative estimate of drug-likeness (QED) is 0.523. The van der Waals surface area contributed by atoms with Gasteiger partial charge in [-0.1, -0.05) is 6.92 Å². The fraction of sp³-hybridized carbons (Fsp3) is 0.389. The SMILES string of the molecule is CCS(=O)(=O)CCOc1ccc(S(=O)(=O)NCc2ccnc(OCC(F)(F)F)c2)cc1. The molecule has 172 valence electrons. The van der Waals surface area contributed by atoms with Crippen LogP contribution >= 0.6 is 0 Å². The number of halogens is 3. The molecule has 8 nitrogen and oxygen atoms in total. The molecule has 0 aliphatic carbocycles. The van der Waals surface area contributed by atoms with Crippen LogP contribution in [-0.4, -0.2) is 52.7 Å². The first kappa shape index (κ1) is 24.9. The van der Waals surface area contributed by atoms with E-state index in [-0.39, 0.29) is 35.4 Å². The lowest BCUT2D eigenvalue weighted by molar-refractivity contribution is -0.154. The monoisotopic (exact) mass is 482 g/mol. The van der Waals surface area contributed by atoms with Crippen molar-refractivity contribution in [2.45, 2.75) is 24.5 Å². The summed E-state index contributed by atoms with van der Waals surface area (Å²) < 4.78 is 96.5. The third kappa shape index (κ3) is 8.71. The van der Waals surface area contributed by atoms with E-state index in [2.05, 4.69) is 14.4 Å². The van der Waals surface area contributed by atoms with Gasteiger partial charge in [0.25, 0.3) is 0 Å². The minimum atomic E-state index is -4.51. The smallest absolute Gasteiger partial charge is 0.422 e. The second-order valence-electron chi connectivity index (χ2n) is 6.29. The summed E-state index contributed by atoms with van der Waals surface area (Å²) in [6.45, 7) is -0.222. The van der Waals surface area contributed by atoms with E-state index < -0.39 is 32.6 Å². The van der Waals surface area contributed by atoms with Gasteiger partial charge in [-0.05, 0) is 35.9 Å². The van der Waals surface area contributed by atoms with Crippen LogP contribution in [0.2, 0.25) is 0 Å². The van der Waals surface area contributed by atoms with Crippen molar-refractivity contribution >= 4 is 19.9 Å². The topological polar surface area (TPSA) is 112 Å². The first-order valence-corrected chi connectivity index (χ1v) is 12.3. The molecule has 0 unspecified atom stereocenters. The summed E-state index contributed by atoms with van der Waals surface area (Å²) in [5, 5.41) is 0. The normalized spacial score (nSPS) is 12.5. The Labute approximate surface area is 178 Å². The predicted octanol–water partition coefficient (Wildman–Crippen LogP) is 2.31. The summed E-state index contributed by atoms with van der Waals surface area (Å²) in [5.41, 5.74) is 0.354. The molecule has 0 aliphatic rings. The van der Waals surface area contributed by atoms with Crippen molar-refractivity contribution in [2.75, 3.05) is 24.7 Å². The Bertz CT molecular complexity index is 1070. The first-order chi connectivity index (χ1) is 14.4. The molecule has 0 aliphatic heterocycles. The highest BCUT2D eigenvalue weighted by molar-refractivity contribution is 7.91. The fourth-order valence-corrected chi connectivity index (χ4v) is 3.85. The lowest BCUT2D eigenvalue weighted by atomic mass is 10.3. The maximum absolute atomic E-state index is 12.4. The minimum absolute atomic E-state index is 0.00658. The number of hydrogen-bond acceptors (Lipinski definition) is 7. The molecule has 0 saturated carbocycles. The Morgan fingerprint density at radius 3 is 2.32 bits per heavy atom. The summed E-state index contributed by atoms with van der Waals surface area (Å²) in [7, 11) is -7.08. The maximum atomic E-state index is 12.4. The number of sulfonamides is 1. The number of nitrogens with zero attached hydrogens (tertiary/aromatic N) is 1. The summed E-state index contributed by atoms with van der Waals surface area (Å²) in [5.74, 6) is -0.107. The van der Waals surface area contributed by atoms with Gasteiger partial charge in [-0.15, -0.1) is 0 Å². The summed E-state index contributed by atoms with van der Waals surface area (Å²) in [4.78, 5) is 3.58. The van der Waals surface area contributed by atoms with E-state index in [1.54, 1.807) is 0 Å². The average Bonchev–Trinajstić information content (AvgIpc) is 2.71. The second kappa shape index (κ2) is 10.3. The lowest BCUT2D eigenvalue weighted by Gasteiger charge is -2.11. The van der Waals surface area contributed by atoms with E-state index in [0.717, 1.165) is 0 Å². The zero-order valence-corrected chi connectivity index (χ0v) is 18.1. The van der Waals surface area contributed by atoms with Crippen molar-refractivity contribution in [3.63, 3.8) is 0 Å². The summed E-state index contributed by atoms with van der Waals surface area (Å²) in [6, 6.07) is 8.00. The van der Waals surface area contributed by atoms with E-state index >= 15 is 0 Å². The Morgan fingerprint density at radius 2 is 1.71 bits per heavy atom. The largest absolute Gasteiger partial charge is 0.493 e. The third-order valence-corrected chi connectivity index (χ3v) is 6.97. The van der Waals surface area contributed by atoms with E-state index in [9.17, 15) is 30.0 Å². The highest BCUT2D eigenvalue weighted by Crippen LogP contribution is 2.19. The molecule has 1 N–H and O–H groups in total. The summed E-state index contributed by atoms with van der Waals surface area (Å²) in [6.07, 6.45) is -3.31. The van der Waals surface area contributed by atoms with Crippen LogP contribution in [0.3, 0.4) is 0 Å². The Morgan fingerprint density at radius 1 is 1.03 bits per heavy atom. The zero-order valence-electron chi connectivity index (χ0n) is 16.4. The number of ether oxygens (including phenoxy) is 2. The van der Waals surface area contributed by atoms with Gasteiger partial charge in [0, 0.05) is 24.6 Å². The summed E-state index contributed by atoms with van der Waals surface area (Å²) >= 11 is 0. The average molecular weight is 483 g/mol. The van der Waals surface area contributed by atoms with Crippen LogP contribution in [0.25, 0.3) is 0 Å². The number of pyridine rings is 1. The van der Waals surface area contributed by atoms with Gasteiger partial charge in [-0.25, -0.2) is 26.5 Å². The van der Waals surface area contributed by atoms with Crippen molar-refractivity contribution in [1.29, 1.82) is 0 Å². The fourth-order valence-electron chi connectivity index (χ4n) is 2.20. The molecular formula is C18H21F3N2O6S2. The second-order valence-corrected chi connectivity index (χ2v) is 10.5. The standard InChI is InChI=1S/C18H21F3N2O6S2/c1-2-30(24,25)10-9-28-15-3-5-16(6-4-15)31(26,27)23-12-14-7-8-22-17(11-14)29-13-18(19,20)21/h3-8,11,23H,2,9-10,12-13H2,1H3. The van der Waals surface area contributed by atoms with Crippen molar-refractivity contribution < 1.29 is 39.5 Å². The number of aromatic nitrogens is 1. The number of nitrogens with one attached hydrogen (secondary N) is 1. The molecule has 0 amide bonds. The maximum Gasteiger partial charge on any atom is 0.422 e. The van der Waals surface area contributed by atoms with Gasteiger partial charge in [0.1, 0.15) is 12.4 Å². The van der Waals surface area contributed by atoms with Gasteiger partial charge >= 0.3 is 6.18 Å². The van der Waals surface area contributed by atoms with Crippen LogP contribution < -0.4 is 14.2 Å². The van der Waals surface area contributed by atoms with Crippen molar-refractivity contribution in [3.8, 4) is 11.6 Å². The van der Waals surface area contributed by atoms with Gasteiger partial charge in [0.15, 0.2) is 16.4 Å². The highest BCUT2D eigenvalue weighted by atomic mass is 32.2. The Kier molecular flexibility index (Phi) is 8.26. The molecular weight excluding hydrogens is 461 g/mol. The molecule has 1 heterocycles. The predicted molar refractivity (Wildman–Crippen MR) is 106 cm³/mol. The third-order valence-electron chi connectivity index (χ3n) is 3.89. The number of hydrogen-bond donors (Lipinski definition) is 1. The Hall–Kier alpha value is -2.38. The molecule has 0 fully saturated rings. The molecule has 0 saturated heterocycles. The highest BCUT2D eigenvalue weighted by Gasteiger charge is 2.28. The van der Waals surface area contributed by atoms with Crippen molar-refractivity contribution in [1.82, 2.24) is 9.71 Å². The lowest BCUT2D eigenvalue weighted by Crippen LogP contribution is -2.23. The molecule has 2 aromatic rings.